The van der Waals surface area contributed by atoms with Crippen LogP contribution in [0.15, 0.2) is 18.5 Å². The fourth-order valence-electron chi connectivity index (χ4n) is 2.67. The van der Waals surface area contributed by atoms with Crippen molar-refractivity contribution in [1.29, 1.82) is 0 Å². The van der Waals surface area contributed by atoms with Crippen LogP contribution in [0.1, 0.15) is 25.3 Å². The van der Waals surface area contributed by atoms with E-state index in [4.69, 9.17) is 16.7 Å². The molecule has 12 heteroatoms. The monoisotopic (exact) mass is 459 g/mol. The maximum absolute atomic E-state index is 14.9. The van der Waals surface area contributed by atoms with Crippen LogP contribution in [0.3, 0.4) is 0 Å². The van der Waals surface area contributed by atoms with Gasteiger partial charge in [0.2, 0.25) is 0 Å². The lowest BCUT2D eigenvalue weighted by molar-refractivity contribution is -0.138. The Kier molecular flexibility index (Phi) is 6.62. The van der Waals surface area contributed by atoms with Gasteiger partial charge >= 0.3 is 6.18 Å². The van der Waals surface area contributed by atoms with Gasteiger partial charge in [-0.25, -0.2) is 8.78 Å². The lowest BCUT2D eigenvalue weighted by Gasteiger charge is -2.21. The molecule has 2 N–H and O–H groups in total. The van der Waals surface area contributed by atoms with Crippen molar-refractivity contribution in [2.75, 3.05) is 11.9 Å². The summed E-state index contributed by atoms with van der Waals surface area (Å²) in [6.45, 7) is 0.761. The molecule has 6 nitrogen and oxygen atoms in total. The first-order valence-electron chi connectivity index (χ1n) is 8.95. The molecule has 2 aromatic heterocycles. The molecule has 1 atom stereocenters. The topological polar surface area (TPSA) is 75.3 Å². The molecule has 0 aliphatic heterocycles. The average Bonchev–Trinajstić information content (AvgIpc) is 3.14. The summed E-state index contributed by atoms with van der Waals surface area (Å²) in [5.74, 6) is 2.45. The van der Waals surface area contributed by atoms with E-state index in [0.29, 0.717) is 12.8 Å². The minimum atomic E-state index is -4.66. The van der Waals surface area contributed by atoms with E-state index in [1.165, 1.54) is 0 Å². The van der Waals surface area contributed by atoms with E-state index in [2.05, 4.69) is 32.2 Å². The van der Waals surface area contributed by atoms with E-state index in [-0.39, 0.29) is 17.9 Å². The third kappa shape index (κ3) is 4.86. The Bertz CT molecular complexity index is 1150. The Morgan fingerprint density at radius 3 is 2.52 bits per heavy atom. The van der Waals surface area contributed by atoms with E-state index >= 15 is 0 Å². The van der Waals surface area contributed by atoms with Crippen molar-refractivity contribution in [2.45, 2.75) is 32.0 Å². The molecule has 0 saturated carbocycles. The van der Waals surface area contributed by atoms with Crippen LogP contribution in [0.2, 0.25) is 5.15 Å². The van der Waals surface area contributed by atoms with E-state index in [1.54, 1.807) is 0 Å². The Morgan fingerprint density at radius 2 is 1.90 bits per heavy atom. The number of benzene rings is 1. The Labute approximate surface area is 178 Å². The molecule has 3 rings (SSSR count). The van der Waals surface area contributed by atoms with Crippen LogP contribution in [0.5, 0.6) is 0 Å². The summed E-state index contributed by atoms with van der Waals surface area (Å²) in [6, 6.07) is -0.230. The van der Waals surface area contributed by atoms with E-state index in [9.17, 15) is 22.0 Å². The first-order valence-corrected chi connectivity index (χ1v) is 9.33. The van der Waals surface area contributed by atoms with Crippen LogP contribution in [-0.4, -0.2) is 43.5 Å². The number of alkyl halides is 3. The predicted octanol–water partition coefficient (Wildman–Crippen LogP) is 4.21. The van der Waals surface area contributed by atoms with Crippen LogP contribution in [-0.2, 0) is 0 Å². The molecule has 31 heavy (non-hydrogen) atoms. The summed E-state index contributed by atoms with van der Waals surface area (Å²) in [7, 11) is 0. The molecule has 0 amide bonds. The molecular formula is C19H15ClF5N5O. The Hall–Kier alpha value is -2.97. The van der Waals surface area contributed by atoms with E-state index in [0.717, 1.165) is 29.9 Å². The number of nitrogens with zero attached hydrogens (tertiary/aromatic N) is 4. The number of fused-ring (bicyclic) bond motifs is 1. The summed E-state index contributed by atoms with van der Waals surface area (Å²) < 4.78 is 70.1. The molecule has 0 spiro atoms. The largest absolute Gasteiger partial charge is 0.408 e. The summed E-state index contributed by atoms with van der Waals surface area (Å²) in [4.78, 5) is 7.63. The maximum atomic E-state index is 14.9. The van der Waals surface area contributed by atoms with Crippen LogP contribution in [0.4, 0.5) is 27.8 Å². The summed E-state index contributed by atoms with van der Waals surface area (Å²) >= 11 is 6.10. The molecule has 0 fully saturated rings. The molecular weight excluding hydrogens is 445 g/mol. The van der Waals surface area contributed by atoms with Gasteiger partial charge in [0, 0.05) is 18.6 Å². The quantitative estimate of drug-likeness (QED) is 0.259. The number of aromatic nitrogens is 4. The van der Waals surface area contributed by atoms with Crippen LogP contribution in [0.25, 0.3) is 16.9 Å². The fourth-order valence-corrected chi connectivity index (χ4v) is 2.93. The van der Waals surface area contributed by atoms with Gasteiger partial charge in [0.1, 0.15) is 35.0 Å². The Morgan fingerprint density at radius 1 is 1.23 bits per heavy atom. The van der Waals surface area contributed by atoms with Crippen molar-refractivity contribution in [3.8, 4) is 23.0 Å². The van der Waals surface area contributed by atoms with Crippen LogP contribution in [0, 0.1) is 23.5 Å². The summed E-state index contributed by atoms with van der Waals surface area (Å²) in [6.07, 6.45) is -2.92. The van der Waals surface area contributed by atoms with Crippen molar-refractivity contribution in [3.63, 3.8) is 0 Å². The molecule has 0 unspecified atom stereocenters. The number of halogens is 6. The third-order valence-electron chi connectivity index (χ3n) is 4.21. The third-order valence-corrected chi connectivity index (χ3v) is 4.49. The number of unbranched alkanes of at least 4 members (excludes halogenated alkanes) is 1. The van der Waals surface area contributed by atoms with Crippen molar-refractivity contribution in [3.05, 3.63) is 40.8 Å². The second kappa shape index (κ2) is 9.03. The molecule has 0 bridgehead atoms. The highest BCUT2D eigenvalue weighted by molar-refractivity contribution is 6.33. The lowest BCUT2D eigenvalue weighted by Crippen LogP contribution is -2.34. The van der Waals surface area contributed by atoms with Crippen molar-refractivity contribution >= 4 is 23.2 Å². The minimum absolute atomic E-state index is 0.0146. The highest BCUT2D eigenvalue weighted by Gasteiger charge is 2.37. The summed E-state index contributed by atoms with van der Waals surface area (Å²) in [5.41, 5.74) is -1.11. The van der Waals surface area contributed by atoms with E-state index in [1.807, 2.05) is 0 Å². The van der Waals surface area contributed by atoms with Crippen LogP contribution >= 0.6 is 11.6 Å². The van der Waals surface area contributed by atoms with Crippen LogP contribution < -0.4 is 5.32 Å². The number of hydrogen-bond donors (Lipinski definition) is 2. The second-order valence-corrected chi connectivity index (χ2v) is 6.81. The first kappa shape index (κ1) is 22.7. The number of aliphatic hydroxyl groups is 1. The number of rotatable bonds is 5. The van der Waals surface area contributed by atoms with Gasteiger partial charge in [0.15, 0.2) is 0 Å². The van der Waals surface area contributed by atoms with Gasteiger partial charge in [0.05, 0.1) is 11.1 Å². The SMILES string of the molecule is C[C@H](Nc1c(-c2c(F)cc(C#CCCCO)cc2F)c(Cl)nc2ncnn12)C(F)(F)F. The zero-order valence-corrected chi connectivity index (χ0v) is 16.7. The summed E-state index contributed by atoms with van der Waals surface area (Å²) in [5, 5.41) is 14.2. The van der Waals surface area contributed by atoms with Crippen molar-refractivity contribution in [1.82, 2.24) is 19.6 Å². The number of aliphatic hydroxyl groups excluding tert-OH is 1. The average molecular weight is 460 g/mol. The number of hydrogen-bond acceptors (Lipinski definition) is 5. The first-order chi connectivity index (χ1) is 14.6. The van der Waals surface area contributed by atoms with Gasteiger partial charge in [-0.05, 0) is 25.5 Å². The molecule has 0 aliphatic carbocycles. The predicted molar refractivity (Wildman–Crippen MR) is 103 cm³/mol. The zero-order valence-electron chi connectivity index (χ0n) is 15.9. The number of nitrogens with one attached hydrogen (secondary N) is 1. The Balaban J connectivity index is 2.17. The molecule has 0 aliphatic rings. The smallest absolute Gasteiger partial charge is 0.396 e. The standard InChI is InChI=1S/C19H15ClF5N5O/c1-10(19(23,24)25)28-17-15(16(20)29-18-26-9-27-30(17)18)14-12(21)7-11(8-13(14)22)5-3-2-4-6-31/h7-10,28,31H,2,4,6H2,1H3/t10-/m0/s1. The fraction of sp³-hybridized carbons (Fsp3) is 0.316. The van der Waals surface area contributed by atoms with Crippen molar-refractivity contribution < 1.29 is 27.1 Å². The molecule has 2 heterocycles. The molecule has 0 saturated heterocycles. The van der Waals surface area contributed by atoms with Gasteiger partial charge in [-0.1, -0.05) is 23.4 Å². The highest BCUT2D eigenvalue weighted by Crippen LogP contribution is 2.38. The number of anilines is 1. The molecule has 3 aromatic rings. The van der Waals surface area contributed by atoms with Gasteiger partial charge < -0.3 is 10.4 Å². The van der Waals surface area contributed by atoms with Gasteiger partial charge in [-0.2, -0.15) is 32.8 Å². The van der Waals surface area contributed by atoms with Crippen molar-refractivity contribution in [2.24, 2.45) is 0 Å². The normalized spacial score (nSPS) is 12.5. The molecule has 1 aromatic carbocycles. The molecule has 164 valence electrons. The molecule has 0 radical (unpaired) electrons. The zero-order chi connectivity index (χ0) is 22.8. The minimum Gasteiger partial charge on any atom is -0.396 e. The van der Waals surface area contributed by atoms with Gasteiger partial charge in [-0.3, -0.25) is 0 Å². The highest BCUT2D eigenvalue weighted by atomic mass is 35.5. The van der Waals surface area contributed by atoms with Gasteiger partial charge in [0.25, 0.3) is 5.78 Å². The maximum Gasteiger partial charge on any atom is 0.408 e. The van der Waals surface area contributed by atoms with E-state index < -0.39 is 46.0 Å². The lowest BCUT2D eigenvalue weighted by atomic mass is 10.0. The van der Waals surface area contributed by atoms with Gasteiger partial charge in [-0.15, -0.1) is 0 Å². The second-order valence-electron chi connectivity index (χ2n) is 6.45.